The molecule has 1 aromatic heterocycles. The molecule has 0 aliphatic rings. The maximum absolute atomic E-state index is 5.86. The molecule has 0 atom stereocenters. The van der Waals surface area contributed by atoms with Gasteiger partial charge >= 0.3 is 0 Å². The van der Waals surface area contributed by atoms with E-state index in [0.29, 0.717) is 5.02 Å². The minimum Gasteiger partial charge on any atom is -0.264 e. The molecule has 3 heteroatoms. The summed E-state index contributed by atoms with van der Waals surface area (Å²) in [6.07, 6.45) is 1.71. The van der Waals surface area contributed by atoms with Crippen molar-refractivity contribution in [2.24, 2.45) is 4.99 Å². The quantitative estimate of drug-likeness (QED) is 0.634. The van der Waals surface area contributed by atoms with Crippen molar-refractivity contribution in [1.29, 1.82) is 0 Å². The zero-order valence-corrected chi connectivity index (χ0v) is 7.62. The Morgan fingerprint density at radius 1 is 1.31 bits per heavy atom. The van der Waals surface area contributed by atoms with Crippen LogP contribution in [0.3, 0.4) is 0 Å². The molecule has 2 nitrogen and oxygen atoms in total. The minimum absolute atomic E-state index is 0.686. The van der Waals surface area contributed by atoms with Crippen molar-refractivity contribution in [3.8, 4) is 0 Å². The fourth-order valence-electron chi connectivity index (χ4n) is 1.24. The van der Waals surface area contributed by atoms with Crippen LogP contribution in [0.4, 0.5) is 5.69 Å². The number of hydrogen-bond donors (Lipinski definition) is 0. The lowest BCUT2D eigenvalue weighted by molar-refractivity contribution is 1.40. The molecule has 1 aromatic carbocycles. The molecule has 0 radical (unpaired) electrons. The predicted octanol–water partition coefficient (Wildman–Crippen LogP) is 3.22. The first-order valence-electron chi connectivity index (χ1n) is 3.82. The minimum atomic E-state index is 0.686. The average Bonchev–Trinajstić information content (AvgIpc) is 2.17. The molecule has 0 fully saturated rings. The highest BCUT2D eigenvalue weighted by atomic mass is 35.5. The van der Waals surface area contributed by atoms with Gasteiger partial charge in [0.1, 0.15) is 0 Å². The van der Waals surface area contributed by atoms with Gasteiger partial charge in [-0.3, -0.25) is 9.98 Å². The molecule has 2 rings (SSSR count). The summed E-state index contributed by atoms with van der Waals surface area (Å²) in [5.41, 5.74) is 1.70. The Balaban J connectivity index is 2.86. The van der Waals surface area contributed by atoms with Gasteiger partial charge in [0.15, 0.2) is 0 Å². The number of hydrogen-bond acceptors (Lipinski definition) is 2. The number of fused-ring (bicyclic) bond motifs is 1. The van der Waals surface area contributed by atoms with E-state index in [1.165, 1.54) is 0 Å². The molecule has 0 aliphatic carbocycles. The Bertz CT molecular complexity index is 465. The topological polar surface area (TPSA) is 25.2 Å². The highest BCUT2D eigenvalue weighted by Crippen LogP contribution is 2.26. The van der Waals surface area contributed by atoms with E-state index in [1.807, 2.05) is 24.3 Å². The van der Waals surface area contributed by atoms with Gasteiger partial charge in [-0.1, -0.05) is 11.6 Å². The summed E-state index contributed by atoms with van der Waals surface area (Å²) in [5.74, 6) is 0. The molecule has 0 spiro atoms. The number of benzene rings is 1. The van der Waals surface area contributed by atoms with Crippen LogP contribution in [0.1, 0.15) is 0 Å². The summed E-state index contributed by atoms with van der Waals surface area (Å²) < 4.78 is 0. The molecule has 0 saturated carbocycles. The molecule has 0 N–H and O–H groups in total. The standard InChI is InChI=1S/C10H7ClN2/c1-12-9-4-5-13-10-3-2-7(11)6-8(9)10/h2-6H,1H2. The van der Waals surface area contributed by atoms with Gasteiger partial charge in [-0.05, 0) is 31.0 Å². The zero-order chi connectivity index (χ0) is 9.26. The molecule has 64 valence electrons. The van der Waals surface area contributed by atoms with Crippen molar-refractivity contribution in [3.05, 3.63) is 35.5 Å². The fourth-order valence-corrected chi connectivity index (χ4v) is 1.41. The third-order valence-corrected chi connectivity index (χ3v) is 2.09. The number of pyridine rings is 1. The first kappa shape index (κ1) is 8.20. The number of nitrogens with zero attached hydrogens (tertiary/aromatic N) is 2. The molecule has 0 saturated heterocycles. The summed E-state index contributed by atoms with van der Waals surface area (Å²) in [6.45, 7) is 3.49. The zero-order valence-electron chi connectivity index (χ0n) is 6.87. The second kappa shape index (κ2) is 3.15. The molecule has 1 heterocycles. The summed E-state index contributed by atoms with van der Waals surface area (Å²) in [4.78, 5) is 8.08. The van der Waals surface area contributed by atoms with E-state index in [4.69, 9.17) is 11.6 Å². The van der Waals surface area contributed by atoms with Crippen LogP contribution in [0.15, 0.2) is 35.5 Å². The Kier molecular flexibility index (Phi) is 1.99. The second-order valence-corrected chi connectivity index (χ2v) is 3.09. The van der Waals surface area contributed by atoms with E-state index in [1.54, 1.807) is 6.20 Å². The normalized spacial score (nSPS) is 10.2. The highest BCUT2D eigenvalue weighted by Gasteiger charge is 1.99. The van der Waals surface area contributed by atoms with E-state index < -0.39 is 0 Å². The predicted molar refractivity (Wildman–Crippen MR) is 56.0 cm³/mol. The first-order valence-corrected chi connectivity index (χ1v) is 4.20. The number of aliphatic imine (C=N–C) groups is 1. The monoisotopic (exact) mass is 190 g/mol. The average molecular weight is 191 g/mol. The van der Waals surface area contributed by atoms with Crippen LogP contribution in [-0.4, -0.2) is 11.7 Å². The third-order valence-electron chi connectivity index (χ3n) is 1.85. The van der Waals surface area contributed by atoms with Crippen LogP contribution in [0.25, 0.3) is 10.9 Å². The lowest BCUT2D eigenvalue weighted by Gasteiger charge is -2.00. The molecule has 0 bridgehead atoms. The first-order chi connectivity index (χ1) is 6.31. The molecule has 0 aliphatic heterocycles. The van der Waals surface area contributed by atoms with Gasteiger partial charge in [0.05, 0.1) is 11.2 Å². The van der Waals surface area contributed by atoms with Gasteiger partial charge in [0.2, 0.25) is 0 Å². The van der Waals surface area contributed by atoms with Gasteiger partial charge in [0, 0.05) is 16.6 Å². The van der Waals surface area contributed by atoms with Crippen molar-refractivity contribution < 1.29 is 0 Å². The van der Waals surface area contributed by atoms with Crippen molar-refractivity contribution in [3.63, 3.8) is 0 Å². The van der Waals surface area contributed by atoms with Crippen LogP contribution in [0.2, 0.25) is 5.02 Å². The highest BCUT2D eigenvalue weighted by molar-refractivity contribution is 6.31. The van der Waals surface area contributed by atoms with Crippen molar-refractivity contribution in [1.82, 2.24) is 4.98 Å². The summed E-state index contributed by atoms with van der Waals surface area (Å²) >= 11 is 5.86. The third kappa shape index (κ3) is 1.40. The molecule has 0 amide bonds. The molecule has 2 aromatic rings. The molecule has 0 unspecified atom stereocenters. The largest absolute Gasteiger partial charge is 0.264 e. The lowest BCUT2D eigenvalue weighted by atomic mass is 10.2. The summed E-state index contributed by atoms with van der Waals surface area (Å²) in [7, 11) is 0. The van der Waals surface area contributed by atoms with Gasteiger partial charge < -0.3 is 0 Å². The van der Waals surface area contributed by atoms with Crippen molar-refractivity contribution >= 4 is 34.9 Å². The molecular formula is C10H7ClN2. The van der Waals surface area contributed by atoms with E-state index in [2.05, 4.69) is 16.7 Å². The number of aromatic nitrogens is 1. The second-order valence-electron chi connectivity index (χ2n) is 2.65. The van der Waals surface area contributed by atoms with E-state index in [9.17, 15) is 0 Å². The van der Waals surface area contributed by atoms with E-state index >= 15 is 0 Å². The number of rotatable bonds is 1. The van der Waals surface area contributed by atoms with Crippen LogP contribution in [0, 0.1) is 0 Å². The Labute approximate surface area is 80.9 Å². The van der Waals surface area contributed by atoms with Crippen LogP contribution >= 0.6 is 11.6 Å². The maximum atomic E-state index is 5.86. The molecular weight excluding hydrogens is 184 g/mol. The molecule has 13 heavy (non-hydrogen) atoms. The van der Waals surface area contributed by atoms with Crippen LogP contribution in [-0.2, 0) is 0 Å². The van der Waals surface area contributed by atoms with Gasteiger partial charge in [-0.25, -0.2) is 0 Å². The van der Waals surface area contributed by atoms with E-state index in [-0.39, 0.29) is 0 Å². The van der Waals surface area contributed by atoms with E-state index in [0.717, 1.165) is 16.6 Å². The Hall–Kier alpha value is -1.41. The van der Waals surface area contributed by atoms with Gasteiger partial charge in [-0.2, -0.15) is 0 Å². The van der Waals surface area contributed by atoms with Crippen LogP contribution < -0.4 is 0 Å². The summed E-state index contributed by atoms with van der Waals surface area (Å²) in [5, 5.41) is 1.62. The van der Waals surface area contributed by atoms with Crippen LogP contribution in [0.5, 0.6) is 0 Å². The Morgan fingerprint density at radius 2 is 2.15 bits per heavy atom. The SMILES string of the molecule is C=Nc1ccnc2ccc(Cl)cc12. The summed E-state index contributed by atoms with van der Waals surface area (Å²) in [6, 6.07) is 7.33. The maximum Gasteiger partial charge on any atom is 0.0732 e. The van der Waals surface area contributed by atoms with Crippen molar-refractivity contribution in [2.45, 2.75) is 0 Å². The lowest BCUT2D eigenvalue weighted by Crippen LogP contribution is -1.77. The number of halogens is 1. The smallest absolute Gasteiger partial charge is 0.0732 e. The van der Waals surface area contributed by atoms with Gasteiger partial charge in [-0.15, -0.1) is 0 Å². The van der Waals surface area contributed by atoms with Crippen molar-refractivity contribution in [2.75, 3.05) is 0 Å². The fraction of sp³-hybridized carbons (Fsp3) is 0. The Morgan fingerprint density at radius 3 is 2.92 bits per heavy atom. The van der Waals surface area contributed by atoms with Gasteiger partial charge in [0.25, 0.3) is 0 Å².